The lowest BCUT2D eigenvalue weighted by molar-refractivity contribution is -0.126. The molecule has 0 unspecified atom stereocenters. The second kappa shape index (κ2) is 8.41. The van der Waals surface area contributed by atoms with Crippen LogP contribution in [0.5, 0.6) is 0 Å². The molecule has 1 heterocycles. The van der Waals surface area contributed by atoms with Crippen LogP contribution in [0, 0.1) is 5.92 Å². The summed E-state index contributed by atoms with van der Waals surface area (Å²) in [4.78, 5) is 14.9. The Bertz CT molecular complexity index is 520. The summed E-state index contributed by atoms with van der Waals surface area (Å²) in [6.07, 6.45) is 0. The molecule has 0 aliphatic carbocycles. The molecule has 3 atom stereocenters. The van der Waals surface area contributed by atoms with Gasteiger partial charge in [-0.25, -0.2) is 0 Å². The summed E-state index contributed by atoms with van der Waals surface area (Å²) in [6.45, 7) is 10.5. The SMILES string of the molecule is CC(C)[C@@H]1CN([C@@H](C)C(=O)N[C@@H](C)c2ccc(Cl)cc2)CCS1. The number of hydrogen-bond acceptors (Lipinski definition) is 3. The van der Waals surface area contributed by atoms with Gasteiger partial charge in [0, 0.05) is 29.1 Å². The van der Waals surface area contributed by atoms with Crippen LogP contribution in [-0.2, 0) is 4.79 Å². The van der Waals surface area contributed by atoms with Crippen LogP contribution < -0.4 is 5.32 Å². The van der Waals surface area contributed by atoms with E-state index in [0.717, 1.165) is 24.4 Å². The van der Waals surface area contributed by atoms with Crippen molar-refractivity contribution in [2.75, 3.05) is 18.8 Å². The highest BCUT2D eigenvalue weighted by Gasteiger charge is 2.29. The third kappa shape index (κ3) is 5.13. The van der Waals surface area contributed by atoms with E-state index in [-0.39, 0.29) is 18.0 Å². The number of benzene rings is 1. The summed E-state index contributed by atoms with van der Waals surface area (Å²) >= 11 is 7.95. The number of carbonyl (C=O) groups is 1. The van der Waals surface area contributed by atoms with E-state index in [1.54, 1.807) is 0 Å². The second-order valence-electron chi connectivity index (χ2n) is 6.61. The fourth-order valence-electron chi connectivity index (χ4n) is 2.79. The highest BCUT2D eigenvalue weighted by Crippen LogP contribution is 2.26. The summed E-state index contributed by atoms with van der Waals surface area (Å²) in [6, 6.07) is 7.54. The van der Waals surface area contributed by atoms with Gasteiger partial charge in [-0.05, 0) is 37.5 Å². The maximum Gasteiger partial charge on any atom is 0.237 e. The largest absolute Gasteiger partial charge is 0.348 e. The molecule has 0 aromatic heterocycles. The number of thioether (sulfide) groups is 1. The van der Waals surface area contributed by atoms with Crippen LogP contribution in [0.25, 0.3) is 0 Å². The van der Waals surface area contributed by atoms with E-state index in [0.29, 0.717) is 16.2 Å². The van der Waals surface area contributed by atoms with Crippen molar-refractivity contribution in [1.29, 1.82) is 0 Å². The van der Waals surface area contributed by atoms with Gasteiger partial charge in [0.1, 0.15) is 0 Å². The number of halogens is 1. The van der Waals surface area contributed by atoms with Gasteiger partial charge in [0.15, 0.2) is 0 Å². The molecule has 0 saturated carbocycles. The van der Waals surface area contributed by atoms with Crippen LogP contribution in [0.4, 0.5) is 0 Å². The number of hydrogen-bond donors (Lipinski definition) is 1. The van der Waals surface area contributed by atoms with Crippen LogP contribution in [0.2, 0.25) is 5.02 Å². The van der Waals surface area contributed by atoms with Crippen molar-refractivity contribution < 1.29 is 4.79 Å². The Balaban J connectivity index is 1.92. The zero-order chi connectivity index (χ0) is 17.0. The van der Waals surface area contributed by atoms with Crippen LogP contribution in [0.1, 0.15) is 39.3 Å². The van der Waals surface area contributed by atoms with E-state index >= 15 is 0 Å². The normalized spacial score (nSPS) is 21.9. The molecule has 1 aromatic rings. The molecule has 1 amide bonds. The lowest BCUT2D eigenvalue weighted by Crippen LogP contribution is -2.51. The van der Waals surface area contributed by atoms with Gasteiger partial charge in [-0.2, -0.15) is 11.8 Å². The fourth-order valence-corrected chi connectivity index (χ4v) is 4.24. The summed E-state index contributed by atoms with van der Waals surface area (Å²) in [5.41, 5.74) is 1.07. The predicted molar refractivity (Wildman–Crippen MR) is 100 cm³/mol. The lowest BCUT2D eigenvalue weighted by Gasteiger charge is -2.37. The van der Waals surface area contributed by atoms with Crippen LogP contribution in [0.15, 0.2) is 24.3 Å². The molecule has 23 heavy (non-hydrogen) atoms. The molecule has 0 bridgehead atoms. The van der Waals surface area contributed by atoms with Crippen molar-refractivity contribution in [3.8, 4) is 0 Å². The van der Waals surface area contributed by atoms with Gasteiger partial charge >= 0.3 is 0 Å². The predicted octanol–water partition coefficient (Wildman–Crippen LogP) is 3.98. The summed E-state index contributed by atoms with van der Waals surface area (Å²) in [5, 5.41) is 4.46. The third-order valence-electron chi connectivity index (χ3n) is 4.52. The fraction of sp³-hybridized carbons (Fsp3) is 0.611. The highest BCUT2D eigenvalue weighted by atomic mass is 35.5. The van der Waals surface area contributed by atoms with Gasteiger partial charge in [-0.15, -0.1) is 0 Å². The molecule has 1 aromatic carbocycles. The average Bonchev–Trinajstić information content (AvgIpc) is 2.54. The number of amides is 1. The molecular weight excluding hydrogens is 328 g/mol. The van der Waals surface area contributed by atoms with Gasteiger partial charge in [0.05, 0.1) is 12.1 Å². The molecule has 1 aliphatic heterocycles. The van der Waals surface area contributed by atoms with Gasteiger partial charge in [-0.3, -0.25) is 9.69 Å². The first-order valence-corrected chi connectivity index (χ1v) is 9.72. The molecular formula is C18H27ClN2OS. The molecule has 1 saturated heterocycles. The second-order valence-corrected chi connectivity index (χ2v) is 8.39. The minimum Gasteiger partial charge on any atom is -0.348 e. The summed E-state index contributed by atoms with van der Waals surface area (Å²) in [5.74, 6) is 1.85. The molecule has 5 heteroatoms. The smallest absolute Gasteiger partial charge is 0.237 e. The first-order valence-electron chi connectivity index (χ1n) is 8.30. The molecule has 1 N–H and O–H groups in total. The Labute approximate surface area is 149 Å². The maximum atomic E-state index is 12.6. The Morgan fingerprint density at radius 2 is 1.91 bits per heavy atom. The van der Waals surface area contributed by atoms with Gasteiger partial charge in [-0.1, -0.05) is 37.6 Å². The molecule has 1 aliphatic rings. The van der Waals surface area contributed by atoms with Crippen molar-refractivity contribution in [3.63, 3.8) is 0 Å². The molecule has 2 rings (SSSR count). The van der Waals surface area contributed by atoms with Crippen LogP contribution >= 0.6 is 23.4 Å². The topological polar surface area (TPSA) is 32.3 Å². The first-order chi connectivity index (χ1) is 10.9. The first kappa shape index (κ1) is 18.6. The van der Waals surface area contributed by atoms with Crippen LogP contribution in [0.3, 0.4) is 0 Å². The number of carbonyl (C=O) groups excluding carboxylic acids is 1. The monoisotopic (exact) mass is 354 g/mol. The van der Waals surface area contributed by atoms with Crippen molar-refractivity contribution in [2.24, 2.45) is 5.92 Å². The van der Waals surface area contributed by atoms with Gasteiger partial charge < -0.3 is 5.32 Å². The van der Waals surface area contributed by atoms with E-state index in [1.165, 1.54) is 0 Å². The minimum absolute atomic E-state index is 0.0118. The van der Waals surface area contributed by atoms with Crippen molar-refractivity contribution >= 4 is 29.3 Å². The van der Waals surface area contributed by atoms with Gasteiger partial charge in [0.25, 0.3) is 0 Å². The lowest BCUT2D eigenvalue weighted by atomic mass is 10.1. The van der Waals surface area contributed by atoms with E-state index < -0.39 is 0 Å². The number of nitrogens with one attached hydrogen (secondary N) is 1. The van der Waals surface area contributed by atoms with Crippen molar-refractivity contribution in [1.82, 2.24) is 10.2 Å². The average molecular weight is 355 g/mol. The Morgan fingerprint density at radius 3 is 2.52 bits per heavy atom. The zero-order valence-corrected chi connectivity index (χ0v) is 16.0. The quantitative estimate of drug-likeness (QED) is 0.868. The third-order valence-corrected chi connectivity index (χ3v) is 6.32. The molecule has 3 nitrogen and oxygen atoms in total. The van der Waals surface area contributed by atoms with E-state index in [2.05, 4.69) is 24.1 Å². The highest BCUT2D eigenvalue weighted by molar-refractivity contribution is 8.00. The zero-order valence-electron chi connectivity index (χ0n) is 14.4. The maximum absolute atomic E-state index is 12.6. The van der Waals surface area contributed by atoms with E-state index in [4.69, 9.17) is 11.6 Å². The number of nitrogens with zero attached hydrogens (tertiary/aromatic N) is 1. The molecule has 128 valence electrons. The van der Waals surface area contributed by atoms with E-state index in [1.807, 2.05) is 49.9 Å². The molecule has 0 radical (unpaired) electrons. The number of rotatable bonds is 5. The van der Waals surface area contributed by atoms with E-state index in [9.17, 15) is 4.79 Å². The van der Waals surface area contributed by atoms with Crippen LogP contribution in [-0.4, -0.2) is 40.9 Å². The Kier molecular flexibility index (Phi) is 6.81. The van der Waals surface area contributed by atoms with Crippen molar-refractivity contribution in [3.05, 3.63) is 34.9 Å². The minimum atomic E-state index is -0.0908. The van der Waals surface area contributed by atoms with Gasteiger partial charge in [0.2, 0.25) is 5.91 Å². The molecule has 1 fully saturated rings. The van der Waals surface area contributed by atoms with Crippen molar-refractivity contribution in [2.45, 2.75) is 45.0 Å². The Hall–Kier alpha value is -0.710. The summed E-state index contributed by atoms with van der Waals surface area (Å²) in [7, 11) is 0. The standard InChI is InChI=1S/C18H27ClN2OS/c1-12(2)17-11-21(9-10-23-17)14(4)18(22)20-13(3)15-5-7-16(19)8-6-15/h5-8,12-14,17H,9-11H2,1-4H3,(H,20,22)/t13-,14-,17-/m0/s1. The summed E-state index contributed by atoms with van der Waals surface area (Å²) < 4.78 is 0. The Morgan fingerprint density at radius 1 is 1.26 bits per heavy atom. The molecule has 0 spiro atoms.